The molecular formula is C56H84N16O18. The number of phenols is 1. The lowest BCUT2D eigenvalue weighted by atomic mass is 10.0. The average Bonchev–Trinajstić information content (AvgIpc) is 1.68. The number of carboxylic acid groups (broad SMARTS) is 1. The van der Waals surface area contributed by atoms with Crippen LogP contribution in [-0.4, -0.2) is 211 Å². The van der Waals surface area contributed by atoms with Crippen LogP contribution in [0, 0.1) is 23.2 Å². The van der Waals surface area contributed by atoms with E-state index in [0.29, 0.717) is 49.2 Å². The van der Waals surface area contributed by atoms with E-state index in [-0.39, 0.29) is 57.5 Å². The van der Waals surface area contributed by atoms with Gasteiger partial charge in [0.05, 0.1) is 52.4 Å². The van der Waals surface area contributed by atoms with Crippen molar-refractivity contribution in [2.75, 3.05) is 65.6 Å². The van der Waals surface area contributed by atoms with Crippen LogP contribution in [0.25, 0.3) is 0 Å². The summed E-state index contributed by atoms with van der Waals surface area (Å²) in [6.07, 6.45) is 7.81. The van der Waals surface area contributed by atoms with Crippen molar-refractivity contribution >= 4 is 88.9 Å². The molecule has 34 heteroatoms. The van der Waals surface area contributed by atoms with E-state index in [9.17, 15) is 82.4 Å². The second-order valence-electron chi connectivity index (χ2n) is 21.8. The van der Waals surface area contributed by atoms with Crippen LogP contribution in [-0.2, 0) is 73.5 Å². The third-order valence-corrected chi connectivity index (χ3v) is 14.8. The normalized spacial score (nSPS) is 18.3. The van der Waals surface area contributed by atoms with Crippen molar-refractivity contribution in [1.29, 1.82) is 5.41 Å². The number of unbranched alkanes of at least 4 members (excludes halogenated alkanes) is 1. The molecular weight excluding hydrogens is 1180 g/mol. The van der Waals surface area contributed by atoms with Gasteiger partial charge in [-0.25, -0.2) is 4.79 Å². The molecule has 4 rings (SSSR count). The Labute approximate surface area is 517 Å². The molecule has 2 fully saturated rings. The minimum absolute atomic E-state index is 0.0200. The standard InChI is InChI=1S/C56H84N16O18/c1-31(74)62-25-44(77)67-37(12-6-7-19-61-56(89)90-30-36-34-10-4-2-3-5-11-35(34)36)49(83)64-27-46(79)69-39(22-32-15-17-33(75)18-16-32)51(85)66-26-45(78)68-38(13-8-20-60-55(58)59)50(84)65-28-47(80)70-40(23-48(81)82)52(86)71-41(29-73)54(88)72-21-9-14-42(72)53(87)63-24-43(57)76/h2-3,15-18,34-42,73,75H,4-14,19-30H2,1H3,(H2,57,76)(H,61,89)(H,62,74)(H,63,87)(H,64,83)(H,65,84)(H,66,85)(H,67,77)(H,68,78)(H,69,79)(H,70,80)(H,71,86)(H,81,82)(H4,58,59,60)/b3-2+/t34-,35+,36+,37-,38-,39-,40-,41-,42-/m0/s1. The molecule has 13 amide bonds. The number of fused-ring (bicyclic) bond motifs is 1. The summed E-state index contributed by atoms with van der Waals surface area (Å²) in [4.78, 5) is 181. The molecule has 1 aliphatic heterocycles. The Balaban J connectivity index is 1.34. The van der Waals surface area contributed by atoms with Gasteiger partial charge in [0, 0.05) is 33.0 Å². The van der Waals surface area contributed by atoms with Crippen molar-refractivity contribution in [2.45, 2.75) is 127 Å². The molecule has 2 aliphatic carbocycles. The van der Waals surface area contributed by atoms with Crippen LogP contribution in [0.3, 0.4) is 0 Å². The largest absolute Gasteiger partial charge is 0.508 e. The smallest absolute Gasteiger partial charge is 0.407 e. The van der Waals surface area contributed by atoms with Crippen molar-refractivity contribution in [3.63, 3.8) is 0 Å². The van der Waals surface area contributed by atoms with Crippen LogP contribution in [0.1, 0.15) is 89.5 Å². The molecule has 9 atom stereocenters. The molecule has 3 aliphatic rings. The van der Waals surface area contributed by atoms with E-state index < -0.39 is 171 Å². The third-order valence-electron chi connectivity index (χ3n) is 14.8. The number of nitrogens with two attached hydrogens (primary N) is 2. The lowest BCUT2D eigenvalue weighted by Crippen LogP contribution is -2.58. The highest BCUT2D eigenvalue weighted by Crippen LogP contribution is 2.52. The molecule has 20 N–H and O–H groups in total. The SMILES string of the molecule is CC(=O)NCC(=O)N[C@@H](CCCCNC(=O)OC[C@H]1[C@@H]2CC/C=C/CC[C@@H]21)C(=O)NCC(=O)N[C@@H](Cc1ccc(O)cc1)C(=O)NCC(=O)N[C@@H](CCCNC(=N)N)C(=O)NCC(=O)N[C@@H](CC(=O)O)C(=O)N[C@@H](CO)C(=O)N1CCC[C@H]1C(=O)NCC(N)=O. The first kappa shape index (κ1) is 72.8. The van der Waals surface area contributed by atoms with Crippen molar-refractivity contribution < 1.29 is 87.2 Å². The summed E-state index contributed by atoms with van der Waals surface area (Å²) < 4.78 is 5.48. The number of likely N-dealkylation sites (tertiary alicyclic amines) is 1. The number of ether oxygens (including phenoxy) is 1. The minimum atomic E-state index is -1.89. The van der Waals surface area contributed by atoms with E-state index in [4.69, 9.17) is 21.6 Å². The number of aromatic hydroxyl groups is 1. The fourth-order valence-corrected chi connectivity index (χ4v) is 10.2. The topological polar surface area (TPSA) is 532 Å². The average molecular weight is 1270 g/mol. The number of aliphatic hydroxyl groups is 1. The van der Waals surface area contributed by atoms with Gasteiger partial charge in [0.15, 0.2) is 5.96 Å². The number of carbonyl (C=O) groups is 14. The summed E-state index contributed by atoms with van der Waals surface area (Å²) in [6.45, 7) is -2.68. The maximum Gasteiger partial charge on any atom is 0.407 e. The number of aliphatic carboxylic acids is 1. The summed E-state index contributed by atoms with van der Waals surface area (Å²) >= 11 is 0. The first-order valence-corrected chi connectivity index (χ1v) is 29.5. The Morgan fingerprint density at radius 2 is 1.13 bits per heavy atom. The molecule has 1 heterocycles. The molecule has 0 bridgehead atoms. The van der Waals surface area contributed by atoms with Crippen LogP contribution < -0.4 is 75.3 Å². The Kier molecular flexibility index (Phi) is 30.7. The summed E-state index contributed by atoms with van der Waals surface area (Å²) in [5.74, 6) is -11.4. The number of hydrogen-bond acceptors (Lipinski definition) is 18. The quantitative estimate of drug-likeness (QED) is 0.0128. The van der Waals surface area contributed by atoms with Crippen LogP contribution in [0.15, 0.2) is 36.4 Å². The van der Waals surface area contributed by atoms with Gasteiger partial charge < -0.3 is 100 Å². The molecule has 90 heavy (non-hydrogen) atoms. The maximum atomic E-state index is 13.8. The molecule has 496 valence electrons. The number of nitrogens with zero attached hydrogens (tertiary/aromatic N) is 1. The molecule has 1 aromatic carbocycles. The van der Waals surface area contributed by atoms with E-state index in [2.05, 4.69) is 76.0 Å². The monoisotopic (exact) mass is 1270 g/mol. The van der Waals surface area contributed by atoms with Crippen LogP contribution in [0.4, 0.5) is 4.79 Å². The van der Waals surface area contributed by atoms with Crippen molar-refractivity contribution in [3.8, 4) is 5.75 Å². The van der Waals surface area contributed by atoms with Crippen molar-refractivity contribution in [3.05, 3.63) is 42.0 Å². The predicted octanol–water partition coefficient (Wildman–Crippen LogP) is -5.94. The van der Waals surface area contributed by atoms with E-state index in [1.807, 2.05) is 0 Å². The Hall–Kier alpha value is -9.63. The number of amides is 13. The zero-order valence-electron chi connectivity index (χ0n) is 50.0. The van der Waals surface area contributed by atoms with E-state index in [0.717, 1.165) is 30.6 Å². The number of allylic oxidation sites excluding steroid dienone is 2. The van der Waals surface area contributed by atoms with Gasteiger partial charge >= 0.3 is 12.1 Å². The zero-order valence-corrected chi connectivity index (χ0v) is 50.0. The summed E-state index contributed by atoms with van der Waals surface area (Å²) in [6, 6.07) is -3.27. The minimum Gasteiger partial charge on any atom is -0.508 e. The van der Waals surface area contributed by atoms with E-state index >= 15 is 0 Å². The number of nitrogens with one attached hydrogen (secondary N) is 13. The summed E-state index contributed by atoms with van der Waals surface area (Å²) in [5.41, 5.74) is 10.9. The van der Waals surface area contributed by atoms with Gasteiger partial charge in [-0.05, 0) is 106 Å². The fraction of sp³-hybridized carbons (Fsp3) is 0.589. The van der Waals surface area contributed by atoms with Gasteiger partial charge in [-0.15, -0.1) is 0 Å². The first-order valence-electron chi connectivity index (χ1n) is 29.5. The number of carboxylic acids is 1. The number of primary amides is 1. The Morgan fingerprint density at radius 3 is 1.67 bits per heavy atom. The number of carbonyl (C=O) groups excluding carboxylic acids is 13. The number of phenolic OH excluding ortho intramolecular Hbond substituents is 1. The van der Waals surface area contributed by atoms with Gasteiger partial charge in [-0.3, -0.25) is 67.7 Å². The highest BCUT2D eigenvalue weighted by molar-refractivity contribution is 5.98. The second-order valence-corrected chi connectivity index (χ2v) is 21.8. The summed E-state index contributed by atoms with van der Waals surface area (Å²) in [7, 11) is 0. The lowest BCUT2D eigenvalue weighted by molar-refractivity contribution is -0.144. The van der Waals surface area contributed by atoms with E-state index in [1.54, 1.807) is 0 Å². The molecule has 0 radical (unpaired) electrons. The van der Waals surface area contributed by atoms with E-state index in [1.165, 1.54) is 31.2 Å². The fourth-order valence-electron chi connectivity index (χ4n) is 10.2. The molecule has 0 unspecified atom stereocenters. The second kappa shape index (κ2) is 37.9. The first-order chi connectivity index (χ1) is 42.8. The molecule has 1 saturated heterocycles. The molecule has 1 aromatic rings. The van der Waals surface area contributed by atoms with Gasteiger partial charge in [0.2, 0.25) is 70.9 Å². The number of benzene rings is 1. The highest BCUT2D eigenvalue weighted by atomic mass is 16.5. The Morgan fingerprint density at radius 1 is 0.611 bits per heavy atom. The molecule has 0 spiro atoms. The van der Waals surface area contributed by atoms with Crippen molar-refractivity contribution in [1.82, 2.24) is 68.7 Å². The van der Waals surface area contributed by atoms with Crippen molar-refractivity contribution in [2.24, 2.45) is 29.2 Å². The maximum absolute atomic E-state index is 13.8. The summed E-state index contributed by atoms with van der Waals surface area (Å²) in [5, 5.41) is 65.5. The predicted molar refractivity (Wildman–Crippen MR) is 316 cm³/mol. The number of guanidine groups is 1. The molecule has 34 nitrogen and oxygen atoms in total. The third kappa shape index (κ3) is 26.8. The zero-order chi connectivity index (χ0) is 66.3. The number of aliphatic hydroxyl groups excluding tert-OH is 1. The molecule has 0 aromatic heterocycles. The van der Waals surface area contributed by atoms with Crippen LogP contribution in [0.5, 0.6) is 5.75 Å². The lowest BCUT2D eigenvalue weighted by Gasteiger charge is -2.28. The van der Waals surface area contributed by atoms with Crippen LogP contribution in [0.2, 0.25) is 0 Å². The molecule has 1 saturated carbocycles. The van der Waals surface area contributed by atoms with Gasteiger partial charge in [-0.1, -0.05) is 24.3 Å². The number of rotatable bonds is 37. The van der Waals surface area contributed by atoms with Crippen LogP contribution >= 0.6 is 0 Å². The number of alkyl carbamates (subject to hydrolysis) is 1. The van der Waals surface area contributed by atoms with Gasteiger partial charge in [0.25, 0.3) is 0 Å². The Bertz CT molecular complexity index is 2750. The number of hydrogen-bond donors (Lipinski definition) is 18. The van der Waals surface area contributed by atoms with Gasteiger partial charge in [-0.2, -0.15) is 0 Å². The highest BCUT2D eigenvalue weighted by Gasteiger charge is 2.49. The van der Waals surface area contributed by atoms with Gasteiger partial charge in [0.1, 0.15) is 42.0 Å².